The van der Waals surface area contributed by atoms with Crippen molar-refractivity contribution in [2.24, 2.45) is 0 Å². The molecule has 148 valence electrons. The molecule has 1 atom stereocenters. The lowest BCUT2D eigenvalue weighted by Crippen LogP contribution is -2.56. The monoisotopic (exact) mass is 572 g/mol. The summed E-state index contributed by atoms with van der Waals surface area (Å²) in [4.78, 5) is 23.0. The number of carbonyl (C=O) groups is 1. The molecule has 2 aromatic carbocycles. The third-order valence-electron chi connectivity index (χ3n) is 3.31. The largest absolute Gasteiger partial charge is 0.339 e. The van der Waals surface area contributed by atoms with Gasteiger partial charge in [0.15, 0.2) is 5.11 Å². The summed E-state index contributed by atoms with van der Waals surface area (Å²) in [5, 5.41) is 18.9. The van der Waals surface area contributed by atoms with E-state index in [1.807, 2.05) is 6.07 Å². The third kappa shape index (κ3) is 6.59. The Morgan fingerprint density at radius 2 is 1.82 bits per heavy atom. The molecule has 0 heterocycles. The Morgan fingerprint density at radius 3 is 2.43 bits per heavy atom. The van der Waals surface area contributed by atoms with Gasteiger partial charge in [-0.05, 0) is 59.1 Å². The van der Waals surface area contributed by atoms with Gasteiger partial charge in [0.2, 0.25) is 3.79 Å². The zero-order valence-electron chi connectivity index (χ0n) is 13.8. The van der Waals surface area contributed by atoms with Crippen LogP contribution in [0.15, 0.2) is 48.5 Å². The van der Waals surface area contributed by atoms with E-state index in [-0.39, 0.29) is 16.5 Å². The molecule has 0 saturated heterocycles. The van der Waals surface area contributed by atoms with Crippen molar-refractivity contribution in [2.45, 2.75) is 9.96 Å². The standard InChI is InChI=1S/C16H12Cl3IN4O3S/c17-16(18,19)14(22-13(25)9-4-3-5-10(20)8-9)23-15(28)21-11-6-1-2-7-12(11)24(26)27/h1-8,14H,(H,22,25)(H2,21,23,28)/t14-/m0/s1. The fourth-order valence-corrected chi connectivity index (χ4v) is 3.17. The Kier molecular flexibility index (Phi) is 8.07. The highest BCUT2D eigenvalue weighted by Crippen LogP contribution is 2.30. The van der Waals surface area contributed by atoms with E-state index in [1.54, 1.807) is 24.3 Å². The van der Waals surface area contributed by atoms with Gasteiger partial charge < -0.3 is 16.0 Å². The van der Waals surface area contributed by atoms with Crippen molar-refractivity contribution in [3.05, 3.63) is 67.8 Å². The normalized spacial score (nSPS) is 12.0. The van der Waals surface area contributed by atoms with Crippen LogP contribution in [0.4, 0.5) is 11.4 Å². The number of amides is 1. The molecule has 0 spiro atoms. The number of benzene rings is 2. The molecule has 2 aromatic rings. The molecule has 7 nitrogen and oxygen atoms in total. The van der Waals surface area contributed by atoms with Crippen LogP contribution in [-0.2, 0) is 0 Å². The quantitative estimate of drug-likeness (QED) is 0.121. The second-order valence-electron chi connectivity index (χ2n) is 5.33. The van der Waals surface area contributed by atoms with Crippen LogP contribution < -0.4 is 16.0 Å². The summed E-state index contributed by atoms with van der Waals surface area (Å²) in [6, 6.07) is 12.7. The van der Waals surface area contributed by atoms with E-state index in [9.17, 15) is 14.9 Å². The van der Waals surface area contributed by atoms with E-state index < -0.39 is 20.8 Å². The first kappa shape index (κ1) is 22.9. The molecule has 28 heavy (non-hydrogen) atoms. The van der Waals surface area contributed by atoms with E-state index in [0.29, 0.717) is 5.56 Å². The van der Waals surface area contributed by atoms with E-state index >= 15 is 0 Å². The first-order valence-corrected chi connectivity index (χ1v) is 10.1. The van der Waals surface area contributed by atoms with Crippen LogP contribution in [0.25, 0.3) is 0 Å². The number of nitrogens with one attached hydrogen (secondary N) is 3. The summed E-state index contributed by atoms with van der Waals surface area (Å²) in [5.41, 5.74) is 0.336. The predicted octanol–water partition coefficient (Wildman–Crippen LogP) is 4.61. The molecule has 0 aliphatic carbocycles. The lowest BCUT2D eigenvalue weighted by molar-refractivity contribution is -0.383. The number of alkyl halides is 3. The van der Waals surface area contributed by atoms with Crippen LogP contribution in [0, 0.1) is 13.7 Å². The zero-order chi connectivity index (χ0) is 20.9. The zero-order valence-corrected chi connectivity index (χ0v) is 19.0. The van der Waals surface area contributed by atoms with Crippen molar-refractivity contribution in [1.82, 2.24) is 10.6 Å². The van der Waals surface area contributed by atoms with Gasteiger partial charge in [0, 0.05) is 15.2 Å². The highest BCUT2D eigenvalue weighted by Gasteiger charge is 2.35. The molecule has 0 aromatic heterocycles. The first-order valence-electron chi connectivity index (χ1n) is 7.52. The lowest BCUT2D eigenvalue weighted by atomic mass is 10.2. The fourth-order valence-electron chi connectivity index (χ4n) is 2.07. The van der Waals surface area contributed by atoms with Crippen molar-refractivity contribution < 1.29 is 9.72 Å². The molecule has 0 fully saturated rings. The topological polar surface area (TPSA) is 96.3 Å². The molecule has 0 aliphatic rings. The summed E-state index contributed by atoms with van der Waals surface area (Å²) in [5.74, 6) is -0.490. The van der Waals surface area contributed by atoms with Crippen LogP contribution in [0.3, 0.4) is 0 Å². The summed E-state index contributed by atoms with van der Waals surface area (Å²) >= 11 is 25.1. The van der Waals surface area contributed by atoms with Crippen LogP contribution in [-0.4, -0.2) is 25.9 Å². The van der Waals surface area contributed by atoms with Gasteiger partial charge in [0.1, 0.15) is 11.9 Å². The van der Waals surface area contributed by atoms with Crippen molar-refractivity contribution in [2.75, 3.05) is 5.32 Å². The maximum Gasteiger partial charge on any atom is 0.292 e. The first-order chi connectivity index (χ1) is 13.1. The van der Waals surface area contributed by atoms with Crippen molar-refractivity contribution >= 4 is 92.0 Å². The molecule has 0 radical (unpaired) electrons. The van der Waals surface area contributed by atoms with Crippen molar-refractivity contribution in [1.29, 1.82) is 0 Å². The van der Waals surface area contributed by atoms with Gasteiger partial charge in [0.05, 0.1) is 4.92 Å². The Morgan fingerprint density at radius 1 is 1.14 bits per heavy atom. The Hall–Kier alpha value is -1.40. The molecule has 0 saturated carbocycles. The van der Waals surface area contributed by atoms with Crippen LogP contribution in [0.2, 0.25) is 0 Å². The molecule has 0 aliphatic heterocycles. The Labute approximate surface area is 194 Å². The predicted molar refractivity (Wildman–Crippen MR) is 123 cm³/mol. The highest BCUT2D eigenvalue weighted by molar-refractivity contribution is 14.1. The summed E-state index contributed by atoms with van der Waals surface area (Å²) < 4.78 is -1.09. The minimum Gasteiger partial charge on any atom is -0.339 e. The minimum absolute atomic E-state index is 0.0754. The van der Waals surface area contributed by atoms with E-state index in [2.05, 4.69) is 38.5 Å². The average molecular weight is 574 g/mol. The van der Waals surface area contributed by atoms with Gasteiger partial charge in [-0.3, -0.25) is 14.9 Å². The summed E-state index contributed by atoms with van der Waals surface area (Å²) in [7, 11) is 0. The fraction of sp³-hybridized carbons (Fsp3) is 0.125. The molecule has 12 heteroatoms. The molecular weight excluding hydrogens is 562 g/mol. The van der Waals surface area contributed by atoms with Crippen molar-refractivity contribution in [3.8, 4) is 0 Å². The summed E-state index contributed by atoms with van der Waals surface area (Å²) in [6.45, 7) is 0. The maximum absolute atomic E-state index is 12.5. The summed E-state index contributed by atoms with van der Waals surface area (Å²) in [6.07, 6.45) is -1.20. The van der Waals surface area contributed by atoms with Gasteiger partial charge in [-0.2, -0.15) is 0 Å². The van der Waals surface area contributed by atoms with Gasteiger partial charge in [-0.1, -0.05) is 53.0 Å². The van der Waals surface area contributed by atoms with Crippen molar-refractivity contribution in [3.63, 3.8) is 0 Å². The molecule has 1 amide bonds. The van der Waals surface area contributed by atoms with Crippen LogP contribution in [0.5, 0.6) is 0 Å². The number of anilines is 1. The number of hydrogen-bond donors (Lipinski definition) is 3. The number of carbonyl (C=O) groups excluding carboxylic acids is 1. The van der Waals surface area contributed by atoms with Gasteiger partial charge in [-0.25, -0.2) is 0 Å². The number of nitrogens with zero attached hydrogens (tertiary/aromatic N) is 1. The maximum atomic E-state index is 12.5. The molecule has 0 bridgehead atoms. The Balaban J connectivity index is 2.13. The molecule has 3 N–H and O–H groups in total. The second kappa shape index (κ2) is 9.88. The van der Waals surface area contributed by atoms with Crippen LogP contribution in [0.1, 0.15) is 10.4 Å². The van der Waals surface area contributed by atoms with E-state index in [1.165, 1.54) is 18.2 Å². The minimum atomic E-state index is -1.95. The van der Waals surface area contributed by atoms with Crippen LogP contribution >= 0.6 is 69.6 Å². The number of thiocarbonyl (C=S) groups is 1. The van der Waals surface area contributed by atoms with E-state index in [4.69, 9.17) is 47.0 Å². The highest BCUT2D eigenvalue weighted by atomic mass is 127. The smallest absolute Gasteiger partial charge is 0.292 e. The number of para-hydroxylation sites is 2. The number of halogens is 4. The molecule has 2 rings (SSSR count). The van der Waals surface area contributed by atoms with Gasteiger partial charge in [-0.15, -0.1) is 0 Å². The third-order valence-corrected chi connectivity index (χ3v) is 4.86. The number of hydrogen-bond acceptors (Lipinski definition) is 4. The number of rotatable bonds is 5. The Bertz CT molecular complexity index is 911. The van der Waals surface area contributed by atoms with Gasteiger partial charge in [0.25, 0.3) is 11.6 Å². The molecule has 0 unspecified atom stereocenters. The second-order valence-corrected chi connectivity index (χ2v) is 9.35. The van der Waals surface area contributed by atoms with Gasteiger partial charge >= 0.3 is 0 Å². The average Bonchev–Trinajstić information content (AvgIpc) is 2.60. The SMILES string of the molecule is O=C(N[C@@H](NC(=S)Nc1ccccc1[N+](=O)[O-])C(Cl)(Cl)Cl)c1cccc(I)c1. The number of nitro groups is 1. The number of nitro benzene ring substituents is 1. The van der Waals surface area contributed by atoms with E-state index in [0.717, 1.165) is 3.57 Å². The molecular formula is C16H12Cl3IN4O3S. The lowest BCUT2D eigenvalue weighted by Gasteiger charge is -2.27.